The van der Waals surface area contributed by atoms with Gasteiger partial charge in [-0.25, -0.2) is 0 Å². The molecule has 2 aliphatic carbocycles. The van der Waals surface area contributed by atoms with Crippen LogP contribution in [0.15, 0.2) is 157 Å². The molecule has 4 heteroatoms. The highest BCUT2D eigenvalue weighted by Crippen LogP contribution is 2.48. The summed E-state index contributed by atoms with van der Waals surface area (Å²) in [5.74, 6) is 1.07. The molecule has 2 heterocycles. The Hall–Kier alpha value is -6.36. The third-order valence-electron chi connectivity index (χ3n) is 12.2. The highest BCUT2D eigenvalue weighted by Gasteiger charge is 2.45. The van der Waals surface area contributed by atoms with Gasteiger partial charge in [0.05, 0.1) is 46.4 Å². The lowest BCUT2D eigenvalue weighted by Crippen LogP contribution is -2.37. The predicted octanol–water partition coefficient (Wildman–Crippen LogP) is 12.3. The van der Waals surface area contributed by atoms with Crippen molar-refractivity contribution in [3.63, 3.8) is 0 Å². The van der Waals surface area contributed by atoms with Crippen LogP contribution < -0.4 is 4.90 Å². The molecule has 55 heavy (non-hydrogen) atoms. The second kappa shape index (κ2) is 14.5. The Morgan fingerprint density at radius 3 is 2.33 bits per heavy atom. The molecule has 0 N–H and O–H groups in total. The predicted molar refractivity (Wildman–Crippen MR) is 227 cm³/mol. The Labute approximate surface area is 324 Å². The van der Waals surface area contributed by atoms with E-state index in [0.717, 1.165) is 58.9 Å². The number of anilines is 1. The Kier molecular flexibility index (Phi) is 9.05. The van der Waals surface area contributed by atoms with Gasteiger partial charge >= 0.3 is 0 Å². The molecule has 268 valence electrons. The van der Waals surface area contributed by atoms with E-state index in [9.17, 15) is 10.5 Å². The number of nitrogens with zero attached hydrogens (tertiary/aromatic N) is 4. The van der Waals surface area contributed by atoms with Crippen LogP contribution in [0.1, 0.15) is 56.2 Å². The van der Waals surface area contributed by atoms with Gasteiger partial charge < -0.3 is 9.47 Å². The van der Waals surface area contributed by atoms with Crippen LogP contribution in [-0.2, 0) is 0 Å². The highest BCUT2D eigenvalue weighted by atomic mass is 15.2. The third-order valence-corrected chi connectivity index (χ3v) is 12.2. The normalized spacial score (nSPS) is 22.0. The van der Waals surface area contributed by atoms with Crippen molar-refractivity contribution in [2.45, 2.75) is 51.6 Å². The third kappa shape index (κ3) is 5.90. The first kappa shape index (κ1) is 34.4. The Morgan fingerprint density at radius 1 is 0.764 bits per heavy atom. The molecule has 3 aliphatic rings. The second-order valence-electron chi connectivity index (χ2n) is 15.3. The van der Waals surface area contributed by atoms with Crippen LogP contribution in [0, 0.1) is 40.4 Å². The van der Waals surface area contributed by atoms with E-state index in [4.69, 9.17) is 0 Å². The fraction of sp³-hybridized carbons (Fsp3) is 0.216. The molecule has 0 saturated carbocycles. The van der Waals surface area contributed by atoms with E-state index < -0.39 is 0 Å². The monoisotopic (exact) mass is 712 g/mol. The molecular weight excluding hydrogens is 669 g/mol. The van der Waals surface area contributed by atoms with Crippen molar-refractivity contribution in [1.29, 1.82) is 10.5 Å². The Bertz CT molecular complexity index is 2640. The van der Waals surface area contributed by atoms with Crippen LogP contribution in [0.25, 0.3) is 44.2 Å². The first-order chi connectivity index (χ1) is 27.1. The summed E-state index contributed by atoms with van der Waals surface area (Å²) >= 11 is 0. The molecular formula is C51H44N4. The Balaban J connectivity index is 1.18. The molecule has 0 spiro atoms. The second-order valence-corrected chi connectivity index (χ2v) is 15.3. The number of rotatable bonds is 7. The first-order valence-electron chi connectivity index (χ1n) is 19.8. The van der Waals surface area contributed by atoms with Crippen molar-refractivity contribution in [3.05, 3.63) is 174 Å². The molecule has 0 amide bonds. The zero-order chi connectivity index (χ0) is 37.5. The number of hydrogen-bond donors (Lipinski definition) is 0. The molecule has 5 unspecified atom stereocenters. The van der Waals surface area contributed by atoms with Gasteiger partial charge in [0, 0.05) is 39.5 Å². The van der Waals surface area contributed by atoms with E-state index in [1.54, 1.807) is 0 Å². The number of allylic oxidation sites excluding steroid dienone is 5. The maximum absolute atomic E-state index is 9.85. The largest absolute Gasteiger partial charge is 0.358 e. The van der Waals surface area contributed by atoms with Gasteiger partial charge in [-0.1, -0.05) is 117 Å². The lowest BCUT2D eigenvalue weighted by atomic mass is 9.74. The van der Waals surface area contributed by atoms with Gasteiger partial charge in [-0.05, 0) is 102 Å². The van der Waals surface area contributed by atoms with Crippen LogP contribution in [0.3, 0.4) is 0 Å². The van der Waals surface area contributed by atoms with Gasteiger partial charge in [0.2, 0.25) is 0 Å². The van der Waals surface area contributed by atoms with E-state index in [1.165, 1.54) is 27.8 Å². The minimum absolute atomic E-state index is 0.197. The number of nitriles is 2. The summed E-state index contributed by atoms with van der Waals surface area (Å²) in [6.07, 6.45) is 19.0. The molecule has 5 atom stereocenters. The first-order valence-corrected chi connectivity index (χ1v) is 19.8. The fourth-order valence-corrected chi connectivity index (χ4v) is 9.68. The van der Waals surface area contributed by atoms with Gasteiger partial charge in [-0.15, -0.1) is 0 Å². The minimum Gasteiger partial charge on any atom is -0.358 e. The van der Waals surface area contributed by atoms with E-state index >= 15 is 0 Å². The maximum atomic E-state index is 9.85. The molecule has 4 nitrogen and oxygen atoms in total. The van der Waals surface area contributed by atoms with E-state index in [1.807, 2.05) is 24.3 Å². The van der Waals surface area contributed by atoms with Gasteiger partial charge in [0.1, 0.15) is 0 Å². The van der Waals surface area contributed by atoms with Gasteiger partial charge in [0.25, 0.3) is 0 Å². The lowest BCUT2D eigenvalue weighted by Gasteiger charge is -2.35. The topological polar surface area (TPSA) is 55.8 Å². The van der Waals surface area contributed by atoms with Gasteiger partial charge in [0.15, 0.2) is 0 Å². The average molecular weight is 713 g/mol. The zero-order valence-electron chi connectivity index (χ0n) is 31.4. The van der Waals surface area contributed by atoms with E-state index in [2.05, 4.69) is 163 Å². The summed E-state index contributed by atoms with van der Waals surface area (Å²) in [6, 6.07) is 45.6. The van der Waals surface area contributed by atoms with Crippen LogP contribution >= 0.6 is 0 Å². The number of aromatic nitrogens is 1. The lowest BCUT2D eigenvalue weighted by molar-refractivity contribution is 0.475. The summed E-state index contributed by atoms with van der Waals surface area (Å²) in [5.41, 5.74) is 12.3. The minimum atomic E-state index is 0.197. The molecule has 1 fully saturated rings. The van der Waals surface area contributed by atoms with Crippen molar-refractivity contribution in [2.75, 3.05) is 4.90 Å². The summed E-state index contributed by atoms with van der Waals surface area (Å²) in [7, 11) is 0. The number of hydrogen-bond acceptors (Lipinski definition) is 3. The summed E-state index contributed by atoms with van der Waals surface area (Å²) in [6.45, 7) is 4.58. The fourth-order valence-electron chi connectivity index (χ4n) is 9.68. The quantitative estimate of drug-likeness (QED) is 0.155. The van der Waals surface area contributed by atoms with Gasteiger partial charge in [-0.2, -0.15) is 10.5 Å². The van der Waals surface area contributed by atoms with Crippen molar-refractivity contribution in [1.82, 2.24) is 4.57 Å². The number of benzene rings is 5. The smallest absolute Gasteiger partial charge is 0.0992 e. The average Bonchev–Trinajstić information content (AvgIpc) is 3.73. The van der Waals surface area contributed by atoms with Crippen molar-refractivity contribution < 1.29 is 0 Å². The SMILES string of the molecule is CC/C=C\C1C(C)C2C=CC(C3CCCC=C3c3ccccc3-c3cccc4c5cc(C#N)ccc5n(-c5ccccc5)c34)=CC2N1c1cccc(C#N)c1. The summed E-state index contributed by atoms with van der Waals surface area (Å²) < 4.78 is 2.37. The van der Waals surface area contributed by atoms with Crippen molar-refractivity contribution >= 4 is 33.1 Å². The molecule has 1 saturated heterocycles. The van der Waals surface area contributed by atoms with Crippen LogP contribution in [0.2, 0.25) is 0 Å². The zero-order valence-corrected chi connectivity index (χ0v) is 31.4. The van der Waals surface area contributed by atoms with Crippen LogP contribution in [0.5, 0.6) is 0 Å². The highest BCUT2D eigenvalue weighted by molar-refractivity contribution is 6.14. The molecule has 6 aromatic rings. The van der Waals surface area contributed by atoms with E-state index in [-0.39, 0.29) is 18.0 Å². The molecule has 1 aromatic heterocycles. The Morgan fingerprint density at radius 2 is 1.51 bits per heavy atom. The molecule has 1 aliphatic heterocycles. The van der Waals surface area contributed by atoms with Crippen molar-refractivity contribution in [2.24, 2.45) is 17.8 Å². The number of fused-ring (bicyclic) bond motifs is 4. The molecule has 9 rings (SSSR count). The van der Waals surface area contributed by atoms with Crippen LogP contribution in [-0.4, -0.2) is 16.7 Å². The maximum Gasteiger partial charge on any atom is 0.0992 e. The molecule has 5 aromatic carbocycles. The van der Waals surface area contributed by atoms with Crippen LogP contribution in [0.4, 0.5) is 5.69 Å². The molecule has 0 radical (unpaired) electrons. The van der Waals surface area contributed by atoms with Crippen molar-refractivity contribution in [3.8, 4) is 29.0 Å². The molecule has 0 bridgehead atoms. The summed E-state index contributed by atoms with van der Waals surface area (Å²) in [5, 5.41) is 21.9. The van der Waals surface area contributed by atoms with Gasteiger partial charge in [-0.3, -0.25) is 0 Å². The standard InChI is InChI=1S/C51H44N4/c1-3-4-24-48-34(2)40-27-26-37(31-50(40)54(48)39-17-12-14-35(29-39)32-52)41-18-8-9-19-42(41)43-20-10-11-21-44(43)45-22-13-23-46-47-30-36(33-53)25-28-49(47)55(51(45)46)38-15-6-5-7-16-38/h4-7,10-17,19-31,34,40-41,48,50H,3,8-9,18H2,1-2H3/b24-4-. The summed E-state index contributed by atoms with van der Waals surface area (Å²) in [4.78, 5) is 2.58. The number of para-hydroxylation sites is 2. The van der Waals surface area contributed by atoms with E-state index in [0.29, 0.717) is 23.0 Å².